The molecule has 40 heavy (non-hydrogen) atoms. The zero-order chi connectivity index (χ0) is 29.0. The quantitative estimate of drug-likeness (QED) is 0.270. The summed E-state index contributed by atoms with van der Waals surface area (Å²) in [5.41, 5.74) is 0.468. The Balaban J connectivity index is 1.58. The number of unbranched alkanes of at least 4 members (excludes halogenated alkanes) is 1. The number of esters is 2. The Hall–Kier alpha value is -3.39. The Morgan fingerprint density at radius 1 is 0.975 bits per heavy atom. The summed E-state index contributed by atoms with van der Waals surface area (Å²) in [5.74, 6) is -0.0182. The van der Waals surface area contributed by atoms with Crippen LogP contribution >= 0.6 is 0 Å². The van der Waals surface area contributed by atoms with Crippen LogP contribution in [-0.4, -0.2) is 56.3 Å². The van der Waals surface area contributed by atoms with Crippen molar-refractivity contribution in [1.82, 2.24) is 10.6 Å². The molecule has 1 aliphatic rings. The van der Waals surface area contributed by atoms with Gasteiger partial charge in [-0.3, -0.25) is 14.4 Å². The fraction of sp³-hybridized carbons (Fsp3) is 0.531. The van der Waals surface area contributed by atoms with Crippen LogP contribution in [0.5, 0.6) is 5.75 Å². The summed E-state index contributed by atoms with van der Waals surface area (Å²) in [5, 5.41) is 6.32. The van der Waals surface area contributed by atoms with E-state index >= 15 is 0 Å². The zero-order valence-corrected chi connectivity index (χ0v) is 24.3. The molecule has 2 aromatic carbocycles. The number of rotatable bonds is 13. The summed E-state index contributed by atoms with van der Waals surface area (Å²) >= 11 is 0. The van der Waals surface area contributed by atoms with Crippen LogP contribution in [0.1, 0.15) is 75.2 Å². The maximum Gasteiger partial charge on any atom is 0.312 e. The number of amides is 1. The number of hydrogen-bond donors (Lipinski definition) is 2. The van der Waals surface area contributed by atoms with Crippen LogP contribution in [0.15, 0.2) is 54.6 Å². The number of piperidine rings is 1. The van der Waals surface area contributed by atoms with Gasteiger partial charge in [0.15, 0.2) is 0 Å². The molecule has 1 atom stereocenters. The maximum atomic E-state index is 13.1. The molecule has 3 rings (SSSR count). The number of carbonyl (C=O) groups excluding carboxylic acids is 3. The Morgan fingerprint density at radius 2 is 1.65 bits per heavy atom. The van der Waals surface area contributed by atoms with Crippen molar-refractivity contribution in [1.29, 1.82) is 0 Å². The molecular formula is C32H44N2O6. The fourth-order valence-corrected chi connectivity index (χ4v) is 4.99. The maximum absolute atomic E-state index is 13.1. The minimum Gasteiger partial charge on any atom is -0.493 e. The van der Waals surface area contributed by atoms with E-state index in [2.05, 4.69) is 10.6 Å². The van der Waals surface area contributed by atoms with E-state index in [1.807, 2.05) is 51.1 Å². The van der Waals surface area contributed by atoms with Gasteiger partial charge in [-0.25, -0.2) is 0 Å². The standard InChI is InChI=1S/C32H44N2O6/c1-31(2,3)40-30(37)32(17-19-33-20-18-32)16-10-11-21-39-27-15-9-8-14-25(27)22-26(23-28(35)38-4)34-29(36)24-12-6-5-7-13-24/h5-9,12-15,26,33H,10-11,16-23H2,1-4H3,(H,34,36). The summed E-state index contributed by atoms with van der Waals surface area (Å²) in [6, 6.07) is 16.1. The number of nitrogens with one attached hydrogen (secondary N) is 2. The number of carbonyl (C=O) groups is 3. The van der Waals surface area contributed by atoms with E-state index in [1.165, 1.54) is 7.11 Å². The number of methoxy groups -OCH3 is 1. The topological polar surface area (TPSA) is 103 Å². The summed E-state index contributed by atoms with van der Waals surface area (Å²) in [7, 11) is 1.34. The molecule has 0 bridgehead atoms. The molecule has 1 aliphatic heterocycles. The first kappa shape index (κ1) is 31.1. The lowest BCUT2D eigenvalue weighted by atomic mass is 9.75. The molecule has 1 unspecified atom stereocenters. The number of benzene rings is 2. The highest BCUT2D eigenvalue weighted by atomic mass is 16.6. The Bertz CT molecular complexity index is 1110. The van der Waals surface area contributed by atoms with E-state index in [4.69, 9.17) is 14.2 Å². The van der Waals surface area contributed by atoms with Gasteiger partial charge in [-0.15, -0.1) is 0 Å². The molecule has 2 aromatic rings. The summed E-state index contributed by atoms with van der Waals surface area (Å²) in [6.45, 7) is 7.86. The third kappa shape index (κ3) is 9.66. The van der Waals surface area contributed by atoms with E-state index in [0.717, 1.165) is 56.5 Å². The molecule has 0 saturated carbocycles. The highest BCUT2D eigenvalue weighted by Gasteiger charge is 2.41. The van der Waals surface area contributed by atoms with Crippen molar-refractivity contribution in [3.63, 3.8) is 0 Å². The molecule has 8 heteroatoms. The fourth-order valence-electron chi connectivity index (χ4n) is 4.99. The normalized spacial score (nSPS) is 15.5. The smallest absolute Gasteiger partial charge is 0.312 e. The molecule has 2 N–H and O–H groups in total. The van der Waals surface area contributed by atoms with E-state index in [1.54, 1.807) is 24.3 Å². The van der Waals surface area contributed by atoms with Gasteiger partial charge in [-0.05, 0) is 96.1 Å². The monoisotopic (exact) mass is 552 g/mol. The van der Waals surface area contributed by atoms with Gasteiger partial charge in [0.1, 0.15) is 11.4 Å². The Labute approximate surface area is 238 Å². The summed E-state index contributed by atoms with van der Waals surface area (Å²) in [6.07, 6.45) is 4.43. The minimum absolute atomic E-state index is 0.0466. The average molecular weight is 553 g/mol. The molecule has 0 aliphatic carbocycles. The summed E-state index contributed by atoms with van der Waals surface area (Å²) in [4.78, 5) is 38.0. The van der Waals surface area contributed by atoms with Gasteiger partial charge in [0, 0.05) is 11.6 Å². The van der Waals surface area contributed by atoms with E-state index in [9.17, 15) is 14.4 Å². The zero-order valence-electron chi connectivity index (χ0n) is 24.3. The van der Waals surface area contributed by atoms with Crippen LogP contribution in [0, 0.1) is 5.41 Å². The molecular weight excluding hydrogens is 508 g/mol. The van der Waals surface area contributed by atoms with Crippen molar-refractivity contribution in [2.24, 2.45) is 5.41 Å². The largest absolute Gasteiger partial charge is 0.493 e. The molecule has 218 valence electrons. The van der Waals surface area contributed by atoms with Crippen LogP contribution in [0.4, 0.5) is 0 Å². The van der Waals surface area contributed by atoms with Crippen molar-refractivity contribution in [2.45, 2.75) is 77.4 Å². The van der Waals surface area contributed by atoms with Gasteiger partial charge in [-0.2, -0.15) is 0 Å². The summed E-state index contributed by atoms with van der Waals surface area (Å²) < 4.78 is 16.8. The number of hydrogen-bond acceptors (Lipinski definition) is 7. The first-order chi connectivity index (χ1) is 19.1. The van der Waals surface area contributed by atoms with Crippen LogP contribution in [-0.2, 0) is 25.5 Å². The second-order valence-electron chi connectivity index (χ2n) is 11.5. The van der Waals surface area contributed by atoms with E-state index in [-0.39, 0.29) is 18.3 Å². The third-order valence-electron chi connectivity index (χ3n) is 7.15. The van der Waals surface area contributed by atoms with Crippen molar-refractivity contribution in [3.8, 4) is 5.75 Å². The predicted molar refractivity (Wildman–Crippen MR) is 154 cm³/mol. The number of para-hydroxylation sites is 1. The lowest BCUT2D eigenvalue weighted by Gasteiger charge is -2.37. The van der Waals surface area contributed by atoms with Crippen LogP contribution in [0.25, 0.3) is 0 Å². The van der Waals surface area contributed by atoms with Crippen molar-refractivity contribution >= 4 is 17.8 Å². The number of ether oxygens (including phenoxy) is 3. The average Bonchev–Trinajstić information content (AvgIpc) is 2.93. The molecule has 1 amide bonds. The molecule has 1 saturated heterocycles. The lowest BCUT2D eigenvalue weighted by molar-refractivity contribution is -0.170. The second-order valence-corrected chi connectivity index (χ2v) is 11.5. The van der Waals surface area contributed by atoms with Crippen molar-refractivity contribution < 1.29 is 28.6 Å². The van der Waals surface area contributed by atoms with Gasteiger partial charge in [0.2, 0.25) is 0 Å². The van der Waals surface area contributed by atoms with Gasteiger partial charge in [0.05, 0.1) is 25.6 Å². The highest BCUT2D eigenvalue weighted by molar-refractivity contribution is 5.94. The molecule has 0 spiro atoms. The van der Waals surface area contributed by atoms with Crippen molar-refractivity contribution in [3.05, 3.63) is 65.7 Å². The highest BCUT2D eigenvalue weighted by Crippen LogP contribution is 2.37. The van der Waals surface area contributed by atoms with Crippen LogP contribution < -0.4 is 15.4 Å². The Kier molecular flexibility index (Phi) is 11.6. The van der Waals surface area contributed by atoms with Crippen LogP contribution in [0.3, 0.4) is 0 Å². The van der Waals surface area contributed by atoms with E-state index in [0.29, 0.717) is 18.6 Å². The van der Waals surface area contributed by atoms with Gasteiger partial charge < -0.3 is 24.8 Å². The minimum atomic E-state index is -0.506. The Morgan fingerprint density at radius 3 is 2.33 bits per heavy atom. The second kappa shape index (κ2) is 14.8. The molecule has 0 radical (unpaired) electrons. The van der Waals surface area contributed by atoms with Crippen LogP contribution in [0.2, 0.25) is 0 Å². The first-order valence-corrected chi connectivity index (χ1v) is 14.2. The lowest BCUT2D eigenvalue weighted by Crippen LogP contribution is -2.45. The van der Waals surface area contributed by atoms with Crippen molar-refractivity contribution in [2.75, 3.05) is 26.8 Å². The first-order valence-electron chi connectivity index (χ1n) is 14.2. The molecule has 1 heterocycles. The molecule has 0 aromatic heterocycles. The molecule has 1 fully saturated rings. The SMILES string of the molecule is COC(=O)CC(Cc1ccccc1OCCCCC1(C(=O)OC(C)(C)C)CCNCC1)NC(=O)c1ccccc1. The van der Waals surface area contributed by atoms with Gasteiger partial charge in [0.25, 0.3) is 5.91 Å². The third-order valence-corrected chi connectivity index (χ3v) is 7.15. The van der Waals surface area contributed by atoms with Gasteiger partial charge in [-0.1, -0.05) is 36.4 Å². The predicted octanol–water partition coefficient (Wildman–Crippen LogP) is 4.85. The van der Waals surface area contributed by atoms with E-state index < -0.39 is 23.0 Å². The van der Waals surface area contributed by atoms with Gasteiger partial charge >= 0.3 is 11.9 Å². The molecule has 8 nitrogen and oxygen atoms in total.